The zero-order valence-corrected chi connectivity index (χ0v) is 10.8. The van der Waals surface area contributed by atoms with Crippen LogP contribution in [0.3, 0.4) is 0 Å². The molecule has 3 rings (SSSR count). The van der Waals surface area contributed by atoms with Gasteiger partial charge in [0, 0.05) is 5.56 Å². The monoisotopic (exact) mass is 278 g/mol. The number of carboxylic acids is 1. The van der Waals surface area contributed by atoms with Gasteiger partial charge in [-0.2, -0.15) is 5.10 Å². The van der Waals surface area contributed by atoms with Crippen molar-refractivity contribution in [1.29, 1.82) is 0 Å². The lowest BCUT2D eigenvalue weighted by atomic mass is 10.1. The first-order chi connectivity index (χ1) is 9.19. The van der Waals surface area contributed by atoms with Gasteiger partial charge in [0.25, 0.3) is 0 Å². The van der Waals surface area contributed by atoms with Crippen LogP contribution in [-0.4, -0.2) is 34.3 Å². The Morgan fingerprint density at radius 3 is 3.05 bits per heavy atom. The van der Waals surface area contributed by atoms with Gasteiger partial charge < -0.3 is 14.6 Å². The average Bonchev–Trinajstić information content (AvgIpc) is 3.05. The van der Waals surface area contributed by atoms with Crippen LogP contribution >= 0.6 is 11.8 Å². The highest BCUT2D eigenvalue weighted by molar-refractivity contribution is 7.99. The van der Waals surface area contributed by atoms with E-state index < -0.39 is 5.97 Å². The number of hydrogen-bond donors (Lipinski definition) is 2. The van der Waals surface area contributed by atoms with E-state index in [0.717, 1.165) is 10.6 Å². The van der Waals surface area contributed by atoms with Crippen molar-refractivity contribution in [3.05, 3.63) is 23.9 Å². The molecule has 0 saturated carbocycles. The molecule has 0 radical (unpaired) electrons. The van der Waals surface area contributed by atoms with Crippen molar-refractivity contribution in [2.24, 2.45) is 0 Å². The number of nitrogens with one attached hydrogen (secondary N) is 1. The molecule has 0 fully saturated rings. The summed E-state index contributed by atoms with van der Waals surface area (Å²) in [6, 6.07) is 5.15. The van der Waals surface area contributed by atoms with Gasteiger partial charge in [-0.15, -0.1) is 0 Å². The molecular formula is C12H10N2O4S. The molecular weight excluding hydrogens is 268 g/mol. The van der Waals surface area contributed by atoms with E-state index in [0.29, 0.717) is 22.9 Å². The molecule has 0 bridgehead atoms. The highest BCUT2D eigenvalue weighted by Gasteiger charge is 2.20. The molecule has 6 nitrogen and oxygen atoms in total. The highest BCUT2D eigenvalue weighted by atomic mass is 32.2. The molecule has 19 heavy (non-hydrogen) atoms. The fraction of sp³-hybridized carbons (Fsp3) is 0.167. The SMILES string of the molecule is COc1cc2c(cc1-c1cc(C(=O)O)[nH]n1)OCS2. The summed E-state index contributed by atoms with van der Waals surface area (Å²) in [4.78, 5) is 11.9. The molecule has 1 aromatic carbocycles. The van der Waals surface area contributed by atoms with Crippen molar-refractivity contribution in [3.63, 3.8) is 0 Å². The van der Waals surface area contributed by atoms with Crippen LogP contribution in [0.5, 0.6) is 11.5 Å². The number of carboxylic acid groups (broad SMARTS) is 1. The maximum absolute atomic E-state index is 10.9. The van der Waals surface area contributed by atoms with Crippen molar-refractivity contribution in [2.45, 2.75) is 4.90 Å². The smallest absolute Gasteiger partial charge is 0.353 e. The molecule has 0 saturated heterocycles. The summed E-state index contributed by atoms with van der Waals surface area (Å²) >= 11 is 1.59. The minimum atomic E-state index is -1.05. The molecule has 2 aromatic rings. The van der Waals surface area contributed by atoms with Crippen LogP contribution in [0.15, 0.2) is 23.1 Å². The first-order valence-electron chi connectivity index (χ1n) is 5.45. The van der Waals surface area contributed by atoms with Crippen LogP contribution < -0.4 is 9.47 Å². The maximum atomic E-state index is 10.9. The molecule has 2 N–H and O–H groups in total. The third-order valence-corrected chi connectivity index (χ3v) is 3.64. The summed E-state index contributed by atoms with van der Waals surface area (Å²) in [7, 11) is 1.57. The van der Waals surface area contributed by atoms with E-state index in [1.165, 1.54) is 6.07 Å². The fourth-order valence-corrected chi connectivity index (χ4v) is 2.62. The zero-order chi connectivity index (χ0) is 13.4. The number of rotatable bonds is 3. The molecule has 1 aliphatic rings. The zero-order valence-electron chi connectivity index (χ0n) is 9.97. The van der Waals surface area contributed by atoms with E-state index in [4.69, 9.17) is 14.6 Å². The number of nitrogens with zero attached hydrogens (tertiary/aromatic N) is 1. The largest absolute Gasteiger partial charge is 0.496 e. The second-order valence-corrected chi connectivity index (χ2v) is 4.84. The summed E-state index contributed by atoms with van der Waals surface area (Å²) in [6.45, 7) is 0. The maximum Gasteiger partial charge on any atom is 0.353 e. The molecule has 1 aromatic heterocycles. The van der Waals surface area contributed by atoms with Gasteiger partial charge in [0.15, 0.2) is 0 Å². The fourth-order valence-electron chi connectivity index (χ4n) is 1.86. The Balaban J connectivity index is 2.10. The summed E-state index contributed by atoms with van der Waals surface area (Å²) in [6.07, 6.45) is 0. The Labute approximate surface area is 112 Å². The van der Waals surface area contributed by atoms with Gasteiger partial charge in [-0.05, 0) is 18.2 Å². The normalized spacial score (nSPS) is 12.9. The van der Waals surface area contributed by atoms with Crippen LogP contribution in [0.4, 0.5) is 0 Å². The number of aromatic carboxylic acids is 1. The van der Waals surface area contributed by atoms with Crippen molar-refractivity contribution in [3.8, 4) is 22.8 Å². The summed E-state index contributed by atoms with van der Waals surface area (Å²) in [5.41, 5.74) is 1.25. The second kappa shape index (κ2) is 4.51. The van der Waals surface area contributed by atoms with Crippen LogP contribution in [0.2, 0.25) is 0 Å². The predicted octanol–water partition coefficient (Wildman–Crippen LogP) is 2.23. The van der Waals surface area contributed by atoms with E-state index >= 15 is 0 Å². The van der Waals surface area contributed by atoms with Gasteiger partial charge in [-0.25, -0.2) is 4.79 Å². The molecule has 0 amide bonds. The number of H-pyrrole nitrogens is 1. The van der Waals surface area contributed by atoms with Gasteiger partial charge in [-0.3, -0.25) is 5.10 Å². The summed E-state index contributed by atoms with van der Waals surface area (Å²) in [5, 5.41) is 15.4. The third-order valence-electron chi connectivity index (χ3n) is 2.78. The molecule has 0 aliphatic carbocycles. The Morgan fingerprint density at radius 1 is 1.53 bits per heavy atom. The van der Waals surface area contributed by atoms with Crippen molar-refractivity contribution >= 4 is 17.7 Å². The van der Waals surface area contributed by atoms with Gasteiger partial charge in [0.1, 0.15) is 23.1 Å². The third kappa shape index (κ3) is 2.01. The number of aromatic nitrogens is 2. The van der Waals surface area contributed by atoms with Gasteiger partial charge in [0.05, 0.1) is 17.7 Å². The molecule has 0 atom stereocenters. The molecule has 7 heteroatoms. The number of benzene rings is 1. The number of ether oxygens (including phenoxy) is 2. The average molecular weight is 278 g/mol. The standard InChI is InChI=1S/C12H10N2O4S/c1-17-9-4-11-10(18-5-19-11)2-6(9)7-3-8(12(15)16)14-13-7/h2-4H,5H2,1H3,(H,13,14)(H,15,16). The summed E-state index contributed by atoms with van der Waals surface area (Å²) in [5.74, 6) is 0.926. The van der Waals surface area contributed by atoms with E-state index in [9.17, 15) is 4.79 Å². The Kier molecular flexibility index (Phi) is 2.83. The van der Waals surface area contributed by atoms with Gasteiger partial charge >= 0.3 is 5.97 Å². The van der Waals surface area contributed by atoms with Crippen LogP contribution in [0, 0.1) is 0 Å². The lowest BCUT2D eigenvalue weighted by Gasteiger charge is -2.08. The minimum Gasteiger partial charge on any atom is -0.496 e. The van der Waals surface area contributed by atoms with Crippen LogP contribution in [0.1, 0.15) is 10.5 Å². The Morgan fingerprint density at radius 2 is 2.37 bits per heavy atom. The van der Waals surface area contributed by atoms with Crippen LogP contribution in [-0.2, 0) is 0 Å². The number of fused-ring (bicyclic) bond motifs is 1. The minimum absolute atomic E-state index is 0.0350. The topological polar surface area (TPSA) is 84.4 Å². The molecule has 0 unspecified atom stereocenters. The highest BCUT2D eigenvalue weighted by Crippen LogP contribution is 2.43. The number of carbonyl (C=O) groups is 1. The van der Waals surface area contributed by atoms with Crippen molar-refractivity contribution < 1.29 is 19.4 Å². The van der Waals surface area contributed by atoms with Gasteiger partial charge in [-0.1, -0.05) is 11.8 Å². The second-order valence-electron chi connectivity index (χ2n) is 3.88. The first kappa shape index (κ1) is 11.9. The Hall–Kier alpha value is -2.15. The molecule has 1 aliphatic heterocycles. The van der Waals surface area contributed by atoms with Crippen molar-refractivity contribution in [1.82, 2.24) is 10.2 Å². The van der Waals surface area contributed by atoms with Gasteiger partial charge in [0.2, 0.25) is 0 Å². The predicted molar refractivity (Wildman–Crippen MR) is 68.9 cm³/mol. The van der Waals surface area contributed by atoms with E-state index in [1.807, 2.05) is 12.1 Å². The number of thioether (sulfide) groups is 1. The molecule has 98 valence electrons. The Bertz CT molecular complexity index is 653. The number of hydrogen-bond acceptors (Lipinski definition) is 5. The summed E-state index contributed by atoms with van der Waals surface area (Å²) < 4.78 is 10.8. The lowest BCUT2D eigenvalue weighted by molar-refractivity contribution is 0.0690. The first-order valence-corrected chi connectivity index (χ1v) is 6.44. The quantitative estimate of drug-likeness (QED) is 0.895. The lowest BCUT2D eigenvalue weighted by Crippen LogP contribution is -1.95. The van der Waals surface area contributed by atoms with Crippen LogP contribution in [0.25, 0.3) is 11.3 Å². The van der Waals surface area contributed by atoms with Crippen molar-refractivity contribution in [2.75, 3.05) is 13.0 Å². The van der Waals surface area contributed by atoms with E-state index in [-0.39, 0.29) is 5.69 Å². The van der Waals surface area contributed by atoms with E-state index in [1.54, 1.807) is 18.9 Å². The van der Waals surface area contributed by atoms with E-state index in [2.05, 4.69) is 10.2 Å². The molecule has 2 heterocycles. The number of aromatic amines is 1. The number of methoxy groups -OCH3 is 1. The molecule has 0 spiro atoms.